The van der Waals surface area contributed by atoms with Crippen LogP contribution in [0, 0.1) is 17.8 Å². The van der Waals surface area contributed by atoms with Crippen LogP contribution < -0.4 is 20.7 Å². The Balaban J connectivity index is 1.44. The largest absolute Gasteiger partial charge is 0.488 e. The Labute approximate surface area is 251 Å². The van der Waals surface area contributed by atoms with Crippen molar-refractivity contribution in [1.29, 1.82) is 0 Å². The third kappa shape index (κ3) is 7.51. The minimum atomic E-state index is -0.905. The molecule has 10 nitrogen and oxygen atoms in total. The minimum absolute atomic E-state index is 0.0476. The van der Waals surface area contributed by atoms with Crippen molar-refractivity contribution >= 4 is 47.6 Å². The van der Waals surface area contributed by atoms with Crippen LogP contribution in [0.4, 0.5) is 0 Å². The molecule has 1 saturated heterocycles. The average Bonchev–Trinajstić information content (AvgIpc) is 3.38. The van der Waals surface area contributed by atoms with Gasteiger partial charge in [-0.1, -0.05) is 45.2 Å². The molecule has 3 aliphatic rings. The average molecular weight is 601 g/mol. The minimum Gasteiger partial charge on any atom is -0.488 e. The van der Waals surface area contributed by atoms with Crippen LogP contribution in [0.2, 0.25) is 5.02 Å². The molecule has 3 N–H and O–H groups in total. The molecule has 2 heterocycles. The molecule has 1 aliphatic carbocycles. The summed E-state index contributed by atoms with van der Waals surface area (Å²) in [5, 5.41) is 8.80. The number of carbonyl (C=O) groups is 5. The summed E-state index contributed by atoms with van der Waals surface area (Å²) in [5.74, 6) is -1.21. The van der Waals surface area contributed by atoms with E-state index >= 15 is 0 Å². The molecule has 4 amide bonds. The maximum atomic E-state index is 13.7. The summed E-state index contributed by atoms with van der Waals surface area (Å²) in [7, 11) is 0. The number of amides is 4. The highest BCUT2D eigenvalue weighted by Crippen LogP contribution is 2.32. The first kappa shape index (κ1) is 31.5. The molecule has 42 heavy (non-hydrogen) atoms. The summed E-state index contributed by atoms with van der Waals surface area (Å²) in [4.78, 5) is 66.2. The van der Waals surface area contributed by atoms with Gasteiger partial charge in [-0.15, -0.1) is 0 Å². The van der Waals surface area contributed by atoms with Gasteiger partial charge in [-0.25, -0.2) is 0 Å². The molecule has 0 radical (unpaired) electrons. The van der Waals surface area contributed by atoms with Crippen LogP contribution in [-0.4, -0.2) is 72.6 Å². The van der Waals surface area contributed by atoms with Gasteiger partial charge < -0.3 is 30.4 Å². The topological polar surface area (TPSA) is 134 Å². The van der Waals surface area contributed by atoms with E-state index in [9.17, 15) is 24.0 Å². The molecule has 5 atom stereocenters. The van der Waals surface area contributed by atoms with E-state index < -0.39 is 23.9 Å². The van der Waals surface area contributed by atoms with Crippen molar-refractivity contribution in [2.45, 2.75) is 77.4 Å². The predicted molar refractivity (Wildman–Crippen MR) is 159 cm³/mol. The molecular weight excluding hydrogens is 560 g/mol. The lowest BCUT2D eigenvalue weighted by Gasteiger charge is -2.42. The highest BCUT2D eigenvalue weighted by Gasteiger charge is 2.38. The summed E-state index contributed by atoms with van der Waals surface area (Å²) in [6, 6.07) is 3.32. The van der Waals surface area contributed by atoms with Gasteiger partial charge in [-0.2, -0.15) is 0 Å². The monoisotopic (exact) mass is 600 g/mol. The Bertz CT molecular complexity index is 1230. The molecular formula is C31H41ClN4O6. The number of carbonyl (C=O) groups excluding carboxylic acids is 5. The Hall–Kier alpha value is -3.40. The first-order chi connectivity index (χ1) is 20.1. The molecule has 0 spiro atoms. The van der Waals surface area contributed by atoms with Crippen LogP contribution in [0.1, 0.15) is 64.9 Å². The van der Waals surface area contributed by atoms with Crippen molar-refractivity contribution in [3.05, 3.63) is 34.4 Å². The second-order valence-electron chi connectivity index (χ2n) is 11.9. The Morgan fingerprint density at radius 1 is 1.19 bits per heavy atom. The van der Waals surface area contributed by atoms with Crippen LogP contribution in [0.15, 0.2) is 23.8 Å². The molecule has 1 aromatic rings. The van der Waals surface area contributed by atoms with E-state index in [2.05, 4.69) is 22.9 Å². The lowest BCUT2D eigenvalue weighted by Crippen LogP contribution is -2.56. The van der Waals surface area contributed by atoms with Gasteiger partial charge in [-0.05, 0) is 61.8 Å². The number of nitrogens with zero attached hydrogens (tertiary/aromatic N) is 1. The number of ether oxygens (including phenoxy) is 1. The van der Waals surface area contributed by atoms with Crippen LogP contribution in [0.5, 0.6) is 5.75 Å². The van der Waals surface area contributed by atoms with Gasteiger partial charge >= 0.3 is 0 Å². The number of benzene rings is 1. The van der Waals surface area contributed by atoms with E-state index in [1.807, 2.05) is 0 Å². The zero-order chi connectivity index (χ0) is 30.4. The number of hydrogen-bond acceptors (Lipinski definition) is 6. The smallest absolute Gasteiger partial charge is 0.251 e. The lowest BCUT2D eigenvalue weighted by atomic mass is 9.83. The standard InChI is InChI=1S/C31H41ClN4O6/c1-18(2)28(35-30(40)22-12-21-13-23(32)8-9-26(21)42-17-22)31(41)34-15-27(38)36(25-7-5-4-6-19(25)3)24(16-37)14-20-10-11-33-29(20)39/h8-9,12-13,16,18-20,24-25,28H,4-7,10-11,14-15,17H2,1-3H3,(H,33,39)(H,34,41)(H,35,40)/t19?,20-,24-,25?,28-/m0/s1. The van der Waals surface area contributed by atoms with Gasteiger partial charge in [-0.3, -0.25) is 19.2 Å². The lowest BCUT2D eigenvalue weighted by molar-refractivity contribution is -0.143. The summed E-state index contributed by atoms with van der Waals surface area (Å²) in [6.07, 6.45) is 7.03. The van der Waals surface area contributed by atoms with Gasteiger partial charge in [0.1, 0.15) is 24.7 Å². The van der Waals surface area contributed by atoms with E-state index in [4.69, 9.17) is 16.3 Å². The van der Waals surface area contributed by atoms with E-state index in [0.29, 0.717) is 34.9 Å². The molecule has 0 aromatic heterocycles. The Kier molecular flexibility index (Phi) is 10.6. The number of nitrogens with one attached hydrogen (secondary N) is 3. The molecule has 2 unspecified atom stereocenters. The molecule has 2 aliphatic heterocycles. The molecule has 1 aromatic carbocycles. The molecule has 4 rings (SSSR count). The number of hydrogen-bond donors (Lipinski definition) is 3. The van der Waals surface area contributed by atoms with Crippen molar-refractivity contribution in [3.63, 3.8) is 0 Å². The zero-order valence-corrected chi connectivity index (χ0v) is 25.2. The van der Waals surface area contributed by atoms with E-state index in [0.717, 1.165) is 32.0 Å². The Morgan fingerprint density at radius 3 is 2.62 bits per heavy atom. The van der Waals surface area contributed by atoms with Crippen LogP contribution >= 0.6 is 11.6 Å². The summed E-state index contributed by atoms with van der Waals surface area (Å²) < 4.78 is 5.68. The summed E-state index contributed by atoms with van der Waals surface area (Å²) in [6.45, 7) is 5.97. The van der Waals surface area contributed by atoms with Crippen LogP contribution in [0.25, 0.3) is 6.08 Å². The van der Waals surface area contributed by atoms with E-state index in [-0.39, 0.29) is 55.2 Å². The second kappa shape index (κ2) is 14.2. The quantitative estimate of drug-likeness (QED) is 0.335. The molecule has 2 fully saturated rings. The van der Waals surface area contributed by atoms with Gasteiger partial charge in [0.05, 0.1) is 18.2 Å². The highest BCUT2D eigenvalue weighted by molar-refractivity contribution is 6.30. The van der Waals surface area contributed by atoms with Gasteiger partial charge in [0, 0.05) is 29.1 Å². The van der Waals surface area contributed by atoms with Crippen LogP contribution in [-0.2, 0) is 24.0 Å². The van der Waals surface area contributed by atoms with Crippen molar-refractivity contribution < 1.29 is 28.7 Å². The van der Waals surface area contributed by atoms with Gasteiger partial charge in [0.25, 0.3) is 5.91 Å². The summed E-state index contributed by atoms with van der Waals surface area (Å²) in [5.41, 5.74) is 1.02. The normalized spacial score (nSPS) is 23.0. The first-order valence-corrected chi connectivity index (χ1v) is 15.2. The number of rotatable bonds is 11. The third-order valence-corrected chi connectivity index (χ3v) is 8.78. The molecule has 1 saturated carbocycles. The van der Waals surface area contributed by atoms with Crippen molar-refractivity contribution in [1.82, 2.24) is 20.9 Å². The van der Waals surface area contributed by atoms with E-state index in [1.54, 1.807) is 43.0 Å². The molecule has 11 heteroatoms. The zero-order valence-electron chi connectivity index (χ0n) is 24.5. The number of aldehydes is 1. The fraction of sp³-hybridized carbons (Fsp3) is 0.581. The second-order valence-corrected chi connectivity index (χ2v) is 12.3. The maximum absolute atomic E-state index is 13.7. The molecule has 228 valence electrons. The van der Waals surface area contributed by atoms with Crippen molar-refractivity contribution in [3.8, 4) is 5.75 Å². The Morgan fingerprint density at radius 2 is 1.95 bits per heavy atom. The summed E-state index contributed by atoms with van der Waals surface area (Å²) >= 11 is 6.08. The fourth-order valence-corrected chi connectivity index (χ4v) is 6.31. The number of fused-ring (bicyclic) bond motifs is 1. The van der Waals surface area contributed by atoms with E-state index in [1.165, 1.54) is 0 Å². The molecule has 0 bridgehead atoms. The van der Waals surface area contributed by atoms with Crippen LogP contribution in [0.3, 0.4) is 0 Å². The predicted octanol–water partition coefficient (Wildman–Crippen LogP) is 2.87. The van der Waals surface area contributed by atoms with Gasteiger partial charge in [0.2, 0.25) is 17.7 Å². The van der Waals surface area contributed by atoms with Crippen molar-refractivity contribution in [2.75, 3.05) is 19.7 Å². The maximum Gasteiger partial charge on any atom is 0.251 e. The number of halogens is 1. The van der Waals surface area contributed by atoms with Gasteiger partial charge in [0.15, 0.2) is 0 Å². The first-order valence-electron chi connectivity index (χ1n) is 14.8. The van der Waals surface area contributed by atoms with Crippen molar-refractivity contribution in [2.24, 2.45) is 17.8 Å². The highest BCUT2D eigenvalue weighted by atomic mass is 35.5. The third-order valence-electron chi connectivity index (χ3n) is 8.54. The SMILES string of the molecule is CC1CCCCC1N(C(=O)CNC(=O)[C@@H](NC(=O)C1=Cc2cc(Cl)ccc2OC1)C(C)C)[C@H](C=O)C[C@@H]1CCNC1=O. The fourth-order valence-electron chi connectivity index (χ4n) is 6.13.